The van der Waals surface area contributed by atoms with Crippen LogP contribution in [-0.2, 0) is 10.0 Å². The fourth-order valence-electron chi connectivity index (χ4n) is 3.87. The van der Waals surface area contributed by atoms with Gasteiger partial charge in [0.25, 0.3) is 5.91 Å². The van der Waals surface area contributed by atoms with Crippen LogP contribution in [0.5, 0.6) is 5.75 Å². The number of carbonyl (C=O) groups excluding carboxylic acids is 1. The zero-order chi connectivity index (χ0) is 23.3. The summed E-state index contributed by atoms with van der Waals surface area (Å²) in [6, 6.07) is 11.7. The van der Waals surface area contributed by atoms with Gasteiger partial charge in [0.2, 0.25) is 10.0 Å². The lowest BCUT2D eigenvalue weighted by molar-refractivity contribution is 0.0938. The standard InChI is InChI=1S/C23H30ClN3O4S/c1-16(2)26-32(29,30)19-9-10-21(24)20(14-19)23(28)25-15-22(27-11-4-5-12-27)17-7-6-8-18(13-17)31-3/h6-10,13-14,16,22,26H,4-5,11-12,15H2,1-3H3,(H,25,28). The van der Waals surface area contributed by atoms with Gasteiger partial charge in [-0.25, -0.2) is 13.1 Å². The average Bonchev–Trinajstić information content (AvgIpc) is 3.27. The third kappa shape index (κ3) is 6.01. The quantitative estimate of drug-likeness (QED) is 0.573. The van der Waals surface area contributed by atoms with Crippen LogP contribution in [0.1, 0.15) is 48.7 Å². The van der Waals surface area contributed by atoms with E-state index in [1.807, 2.05) is 24.3 Å². The van der Waals surface area contributed by atoms with E-state index in [1.165, 1.54) is 18.2 Å². The molecule has 0 aromatic heterocycles. The van der Waals surface area contributed by atoms with Crippen molar-refractivity contribution in [3.63, 3.8) is 0 Å². The molecule has 1 unspecified atom stereocenters. The van der Waals surface area contributed by atoms with Gasteiger partial charge in [-0.1, -0.05) is 23.7 Å². The van der Waals surface area contributed by atoms with E-state index >= 15 is 0 Å². The minimum absolute atomic E-state index is 0.00430. The van der Waals surface area contributed by atoms with Crippen molar-refractivity contribution in [3.05, 3.63) is 58.6 Å². The van der Waals surface area contributed by atoms with Crippen molar-refractivity contribution in [1.82, 2.24) is 14.9 Å². The van der Waals surface area contributed by atoms with Crippen LogP contribution < -0.4 is 14.8 Å². The molecule has 0 spiro atoms. The first-order chi connectivity index (χ1) is 15.2. The van der Waals surface area contributed by atoms with E-state index in [9.17, 15) is 13.2 Å². The first kappa shape index (κ1) is 24.5. The number of nitrogens with zero attached hydrogens (tertiary/aromatic N) is 1. The van der Waals surface area contributed by atoms with E-state index in [0.717, 1.165) is 37.2 Å². The minimum Gasteiger partial charge on any atom is -0.497 e. The van der Waals surface area contributed by atoms with Crippen LogP contribution in [0.25, 0.3) is 0 Å². The molecule has 1 saturated heterocycles. The van der Waals surface area contributed by atoms with Gasteiger partial charge in [0.15, 0.2) is 0 Å². The molecule has 9 heteroatoms. The molecular formula is C23H30ClN3O4S. The number of nitrogens with one attached hydrogen (secondary N) is 2. The van der Waals surface area contributed by atoms with Gasteiger partial charge in [-0.05, 0) is 75.7 Å². The van der Waals surface area contributed by atoms with Crippen molar-refractivity contribution >= 4 is 27.5 Å². The second-order valence-corrected chi connectivity index (χ2v) is 10.3. The molecule has 3 rings (SSSR count). The molecule has 1 atom stereocenters. The lowest BCUT2D eigenvalue weighted by Crippen LogP contribution is -2.37. The Hall–Kier alpha value is -2.13. The van der Waals surface area contributed by atoms with Crippen molar-refractivity contribution < 1.29 is 17.9 Å². The Labute approximate surface area is 195 Å². The van der Waals surface area contributed by atoms with Crippen LogP contribution >= 0.6 is 11.6 Å². The van der Waals surface area contributed by atoms with Crippen molar-refractivity contribution in [3.8, 4) is 5.75 Å². The van der Waals surface area contributed by atoms with Gasteiger partial charge in [0, 0.05) is 12.6 Å². The summed E-state index contributed by atoms with van der Waals surface area (Å²) in [5.74, 6) is 0.348. The van der Waals surface area contributed by atoms with E-state index in [1.54, 1.807) is 21.0 Å². The van der Waals surface area contributed by atoms with Gasteiger partial charge in [-0.2, -0.15) is 0 Å². The molecule has 1 aliphatic heterocycles. The molecule has 174 valence electrons. The van der Waals surface area contributed by atoms with Crippen LogP contribution in [0.2, 0.25) is 5.02 Å². The highest BCUT2D eigenvalue weighted by Gasteiger charge is 2.25. The molecule has 1 fully saturated rings. The van der Waals surface area contributed by atoms with Crippen LogP contribution in [0.4, 0.5) is 0 Å². The zero-order valence-corrected chi connectivity index (χ0v) is 20.2. The topological polar surface area (TPSA) is 87.7 Å². The number of halogens is 1. The summed E-state index contributed by atoms with van der Waals surface area (Å²) in [7, 11) is -2.11. The Balaban J connectivity index is 1.81. The molecular weight excluding hydrogens is 450 g/mol. The average molecular weight is 480 g/mol. The number of rotatable bonds is 9. The van der Waals surface area contributed by atoms with E-state index in [2.05, 4.69) is 14.9 Å². The van der Waals surface area contributed by atoms with Crippen molar-refractivity contribution in [2.75, 3.05) is 26.7 Å². The first-order valence-corrected chi connectivity index (χ1v) is 12.6. The molecule has 2 aromatic rings. The molecule has 2 N–H and O–H groups in total. The lowest BCUT2D eigenvalue weighted by Gasteiger charge is -2.28. The SMILES string of the molecule is COc1cccc(C(CNC(=O)c2cc(S(=O)(=O)NC(C)C)ccc2Cl)N2CCCC2)c1. The summed E-state index contributed by atoms with van der Waals surface area (Å²) in [6.07, 6.45) is 2.23. The maximum atomic E-state index is 13.0. The number of benzene rings is 2. The number of ether oxygens (including phenoxy) is 1. The third-order valence-corrected chi connectivity index (χ3v) is 7.39. The Morgan fingerprint density at radius 2 is 1.88 bits per heavy atom. The van der Waals surface area contributed by atoms with Crippen LogP contribution in [-0.4, -0.2) is 52.0 Å². The highest BCUT2D eigenvalue weighted by atomic mass is 35.5. The van der Waals surface area contributed by atoms with Crippen molar-refractivity contribution in [1.29, 1.82) is 0 Å². The van der Waals surface area contributed by atoms with Gasteiger partial charge in [-0.15, -0.1) is 0 Å². The Morgan fingerprint density at radius 1 is 1.16 bits per heavy atom. The number of methoxy groups -OCH3 is 1. The molecule has 0 aliphatic carbocycles. The normalized spacial score (nSPS) is 15.7. The van der Waals surface area contributed by atoms with E-state index in [-0.39, 0.29) is 27.6 Å². The van der Waals surface area contributed by atoms with E-state index < -0.39 is 15.9 Å². The molecule has 0 radical (unpaired) electrons. The zero-order valence-electron chi connectivity index (χ0n) is 18.6. The maximum Gasteiger partial charge on any atom is 0.252 e. The van der Waals surface area contributed by atoms with Gasteiger partial charge in [-0.3, -0.25) is 9.69 Å². The highest BCUT2D eigenvalue weighted by molar-refractivity contribution is 7.89. The number of carbonyl (C=O) groups is 1. The van der Waals surface area contributed by atoms with E-state index in [0.29, 0.717) is 6.54 Å². The first-order valence-electron chi connectivity index (χ1n) is 10.7. The molecule has 32 heavy (non-hydrogen) atoms. The van der Waals surface area contributed by atoms with Crippen molar-refractivity contribution in [2.24, 2.45) is 0 Å². The second-order valence-electron chi connectivity index (χ2n) is 8.16. The number of likely N-dealkylation sites (tertiary alicyclic amines) is 1. The van der Waals surface area contributed by atoms with Gasteiger partial charge >= 0.3 is 0 Å². The van der Waals surface area contributed by atoms with Crippen molar-refractivity contribution in [2.45, 2.75) is 43.7 Å². The molecule has 0 bridgehead atoms. The number of sulfonamides is 1. The summed E-state index contributed by atoms with van der Waals surface area (Å²) < 4.78 is 32.9. The van der Waals surface area contributed by atoms with Crippen LogP contribution in [0, 0.1) is 0 Å². The summed E-state index contributed by atoms with van der Waals surface area (Å²) in [6.45, 7) is 5.74. The highest BCUT2D eigenvalue weighted by Crippen LogP contribution is 2.28. The number of hydrogen-bond acceptors (Lipinski definition) is 5. The van der Waals surface area contributed by atoms with Crippen LogP contribution in [0.3, 0.4) is 0 Å². The molecule has 7 nitrogen and oxygen atoms in total. The molecule has 1 amide bonds. The fraction of sp³-hybridized carbons (Fsp3) is 0.435. The Kier molecular flexibility index (Phi) is 8.16. The molecule has 1 heterocycles. The molecule has 2 aromatic carbocycles. The summed E-state index contributed by atoms with van der Waals surface area (Å²) in [5, 5.41) is 3.15. The largest absolute Gasteiger partial charge is 0.497 e. The summed E-state index contributed by atoms with van der Waals surface area (Å²) >= 11 is 6.24. The predicted molar refractivity (Wildman–Crippen MR) is 126 cm³/mol. The van der Waals surface area contributed by atoms with Gasteiger partial charge in [0.1, 0.15) is 5.75 Å². The van der Waals surface area contributed by atoms with Gasteiger partial charge < -0.3 is 10.1 Å². The lowest BCUT2D eigenvalue weighted by atomic mass is 10.0. The summed E-state index contributed by atoms with van der Waals surface area (Å²) in [5.41, 5.74) is 1.18. The number of amides is 1. The smallest absolute Gasteiger partial charge is 0.252 e. The third-order valence-electron chi connectivity index (χ3n) is 5.40. The maximum absolute atomic E-state index is 13.0. The van der Waals surface area contributed by atoms with Gasteiger partial charge in [0.05, 0.1) is 28.6 Å². The Morgan fingerprint density at radius 3 is 2.53 bits per heavy atom. The molecule has 0 saturated carbocycles. The minimum atomic E-state index is -3.74. The summed E-state index contributed by atoms with van der Waals surface area (Å²) in [4.78, 5) is 15.3. The Bertz CT molecular complexity index is 1050. The fourth-order valence-corrected chi connectivity index (χ4v) is 5.35. The van der Waals surface area contributed by atoms with E-state index in [4.69, 9.17) is 16.3 Å². The predicted octanol–water partition coefficient (Wildman–Crippen LogP) is 3.60. The second kappa shape index (κ2) is 10.7. The monoisotopic (exact) mass is 479 g/mol. The number of hydrogen-bond donors (Lipinski definition) is 2. The molecule has 1 aliphatic rings. The van der Waals surface area contributed by atoms with Crippen LogP contribution in [0.15, 0.2) is 47.4 Å².